The number of anilines is 2. The van der Waals surface area contributed by atoms with E-state index in [0.29, 0.717) is 12.4 Å². The third-order valence-electron chi connectivity index (χ3n) is 5.66. The van der Waals surface area contributed by atoms with Gasteiger partial charge in [0, 0.05) is 12.8 Å². The molecule has 0 radical (unpaired) electrons. The summed E-state index contributed by atoms with van der Waals surface area (Å²) in [5.41, 5.74) is 3.14. The zero-order valence-corrected chi connectivity index (χ0v) is 16.4. The molecule has 2 atom stereocenters. The summed E-state index contributed by atoms with van der Waals surface area (Å²) in [6.07, 6.45) is 0.999. The standard InChI is InChI=1S/C22H20FN5O2/c1-13-2-4-14(5-3-13)17-12-18(15-6-8-16(23)9-7-15)28-21(24-17)25-22(26-28)27-19(29)10-11-20(27)30/h2-9,17-18H,10-12H2,1H3,(H,24,25,26)/t17-,18+/m1/s1. The van der Waals surface area contributed by atoms with Crippen molar-refractivity contribution in [1.29, 1.82) is 0 Å². The van der Waals surface area contributed by atoms with Gasteiger partial charge in [-0.3, -0.25) is 9.59 Å². The summed E-state index contributed by atoms with van der Waals surface area (Å²) >= 11 is 0. The van der Waals surface area contributed by atoms with E-state index in [1.165, 1.54) is 17.7 Å². The van der Waals surface area contributed by atoms with Crippen LogP contribution in [0.3, 0.4) is 0 Å². The van der Waals surface area contributed by atoms with Gasteiger partial charge in [-0.25, -0.2) is 14.0 Å². The zero-order chi connectivity index (χ0) is 20.8. The number of hydrogen-bond acceptors (Lipinski definition) is 5. The molecule has 1 saturated heterocycles. The molecule has 0 unspecified atom stereocenters. The lowest BCUT2D eigenvalue weighted by atomic mass is 9.93. The van der Waals surface area contributed by atoms with Gasteiger partial charge >= 0.3 is 0 Å². The second-order valence-electron chi connectivity index (χ2n) is 7.71. The number of nitrogens with one attached hydrogen (secondary N) is 1. The lowest BCUT2D eigenvalue weighted by Gasteiger charge is -2.31. The smallest absolute Gasteiger partial charge is 0.260 e. The molecule has 3 aromatic rings. The van der Waals surface area contributed by atoms with Crippen molar-refractivity contribution in [3.05, 3.63) is 71.0 Å². The molecule has 8 heteroatoms. The van der Waals surface area contributed by atoms with Crippen molar-refractivity contribution in [2.45, 2.75) is 38.3 Å². The maximum atomic E-state index is 13.5. The zero-order valence-electron chi connectivity index (χ0n) is 16.4. The van der Waals surface area contributed by atoms with Gasteiger partial charge in [0.05, 0.1) is 12.1 Å². The molecule has 0 aliphatic carbocycles. The topological polar surface area (TPSA) is 80.1 Å². The molecule has 1 aromatic heterocycles. The Hall–Kier alpha value is -3.55. The van der Waals surface area contributed by atoms with E-state index in [9.17, 15) is 14.0 Å². The lowest BCUT2D eigenvalue weighted by molar-refractivity contribution is -0.121. The molecule has 1 fully saturated rings. The normalized spacial score (nSPS) is 20.9. The first-order valence-corrected chi connectivity index (χ1v) is 9.90. The van der Waals surface area contributed by atoms with E-state index in [-0.39, 0.29) is 48.5 Å². The van der Waals surface area contributed by atoms with Gasteiger partial charge in [0.2, 0.25) is 17.8 Å². The van der Waals surface area contributed by atoms with Crippen molar-refractivity contribution in [2.75, 3.05) is 10.2 Å². The Morgan fingerprint density at radius 2 is 1.60 bits per heavy atom. The van der Waals surface area contributed by atoms with Crippen molar-refractivity contribution < 1.29 is 14.0 Å². The van der Waals surface area contributed by atoms with Crippen LogP contribution < -0.4 is 10.2 Å². The van der Waals surface area contributed by atoms with Crippen LogP contribution in [0.4, 0.5) is 16.3 Å². The van der Waals surface area contributed by atoms with E-state index in [1.807, 2.05) is 6.92 Å². The van der Waals surface area contributed by atoms with Gasteiger partial charge in [-0.1, -0.05) is 42.0 Å². The van der Waals surface area contributed by atoms with Crippen molar-refractivity contribution in [1.82, 2.24) is 14.8 Å². The van der Waals surface area contributed by atoms with Gasteiger partial charge in [0.25, 0.3) is 5.95 Å². The number of nitrogens with zero attached hydrogens (tertiary/aromatic N) is 4. The van der Waals surface area contributed by atoms with E-state index >= 15 is 0 Å². The van der Waals surface area contributed by atoms with Crippen LogP contribution in [0.5, 0.6) is 0 Å². The molecule has 152 valence electrons. The quantitative estimate of drug-likeness (QED) is 0.675. The molecule has 2 aliphatic rings. The second-order valence-corrected chi connectivity index (χ2v) is 7.71. The Balaban J connectivity index is 1.57. The van der Waals surface area contributed by atoms with E-state index in [1.54, 1.807) is 16.8 Å². The summed E-state index contributed by atoms with van der Waals surface area (Å²) in [4.78, 5) is 29.8. The van der Waals surface area contributed by atoms with Gasteiger partial charge < -0.3 is 5.32 Å². The Morgan fingerprint density at radius 1 is 0.967 bits per heavy atom. The minimum atomic E-state index is -0.310. The number of hydrogen-bond donors (Lipinski definition) is 1. The highest BCUT2D eigenvalue weighted by Gasteiger charge is 2.37. The Kier molecular flexibility index (Phi) is 4.34. The summed E-state index contributed by atoms with van der Waals surface area (Å²) < 4.78 is 15.2. The lowest BCUT2D eigenvalue weighted by Crippen LogP contribution is -2.30. The van der Waals surface area contributed by atoms with Crippen molar-refractivity contribution in [3.63, 3.8) is 0 Å². The largest absolute Gasteiger partial charge is 0.347 e. The number of rotatable bonds is 3. The number of benzene rings is 2. The molecular formula is C22H20FN5O2. The summed E-state index contributed by atoms with van der Waals surface area (Å²) in [6, 6.07) is 14.3. The monoisotopic (exact) mass is 405 g/mol. The molecule has 2 amide bonds. The summed E-state index contributed by atoms with van der Waals surface area (Å²) in [5, 5.41) is 7.87. The highest BCUT2D eigenvalue weighted by atomic mass is 19.1. The van der Waals surface area contributed by atoms with E-state index in [4.69, 9.17) is 0 Å². The van der Waals surface area contributed by atoms with Crippen LogP contribution in [0.1, 0.15) is 48.0 Å². The molecular weight excluding hydrogens is 385 g/mol. The van der Waals surface area contributed by atoms with Gasteiger partial charge in [-0.2, -0.15) is 4.98 Å². The average Bonchev–Trinajstić information content (AvgIpc) is 3.30. The molecule has 0 saturated carbocycles. The predicted molar refractivity (Wildman–Crippen MR) is 108 cm³/mol. The molecule has 1 N–H and O–H groups in total. The number of imide groups is 1. The van der Waals surface area contributed by atoms with Gasteiger partial charge in [-0.05, 0) is 36.6 Å². The Labute approximate surface area is 172 Å². The number of fused-ring (bicyclic) bond motifs is 1. The highest BCUT2D eigenvalue weighted by molar-refractivity contribution is 6.18. The number of carbonyl (C=O) groups is 2. The summed E-state index contributed by atoms with van der Waals surface area (Å²) in [5.74, 6) is -0.339. The number of halogens is 1. The average molecular weight is 405 g/mol. The second kappa shape index (κ2) is 7.05. The van der Waals surface area contributed by atoms with Crippen molar-refractivity contribution in [3.8, 4) is 0 Å². The number of aryl methyl sites for hydroxylation is 1. The maximum absolute atomic E-state index is 13.5. The third-order valence-corrected chi connectivity index (χ3v) is 5.66. The molecule has 5 rings (SSSR count). The van der Waals surface area contributed by atoms with Gasteiger partial charge in [-0.15, -0.1) is 5.10 Å². The Morgan fingerprint density at radius 3 is 2.27 bits per heavy atom. The first-order chi connectivity index (χ1) is 14.5. The summed E-state index contributed by atoms with van der Waals surface area (Å²) in [7, 11) is 0. The van der Waals surface area contributed by atoms with Crippen LogP contribution in [0.15, 0.2) is 48.5 Å². The molecule has 7 nitrogen and oxygen atoms in total. The first-order valence-electron chi connectivity index (χ1n) is 9.90. The van der Waals surface area contributed by atoms with Crippen LogP contribution in [0.2, 0.25) is 0 Å². The van der Waals surface area contributed by atoms with Crippen LogP contribution in [-0.2, 0) is 9.59 Å². The Bertz CT molecular complexity index is 1110. The third kappa shape index (κ3) is 3.14. The minimum absolute atomic E-state index is 0.0461. The summed E-state index contributed by atoms with van der Waals surface area (Å²) in [6.45, 7) is 2.03. The van der Waals surface area contributed by atoms with Crippen LogP contribution in [0, 0.1) is 12.7 Å². The number of aromatic nitrogens is 3. The van der Waals surface area contributed by atoms with Gasteiger partial charge in [0.1, 0.15) is 5.82 Å². The van der Waals surface area contributed by atoms with Crippen LogP contribution in [-0.4, -0.2) is 26.6 Å². The first kappa shape index (κ1) is 18.5. The molecule has 0 spiro atoms. The molecule has 3 heterocycles. The van der Waals surface area contributed by atoms with E-state index in [2.05, 4.69) is 39.7 Å². The predicted octanol–water partition coefficient (Wildman–Crippen LogP) is 3.53. The SMILES string of the molecule is Cc1ccc([C@H]2C[C@@H](c3ccc(F)cc3)n3nc(N4C(=O)CCC4=O)nc3N2)cc1. The highest BCUT2D eigenvalue weighted by Crippen LogP contribution is 2.39. The maximum Gasteiger partial charge on any atom is 0.260 e. The van der Waals surface area contributed by atoms with Crippen molar-refractivity contribution in [2.24, 2.45) is 0 Å². The fourth-order valence-corrected chi connectivity index (χ4v) is 4.04. The number of amides is 2. The molecule has 2 aromatic carbocycles. The van der Waals surface area contributed by atoms with Gasteiger partial charge in [0.15, 0.2) is 0 Å². The fraction of sp³-hybridized carbons (Fsp3) is 0.273. The van der Waals surface area contributed by atoms with Crippen molar-refractivity contribution >= 4 is 23.7 Å². The van der Waals surface area contributed by atoms with E-state index < -0.39 is 0 Å². The minimum Gasteiger partial charge on any atom is -0.347 e. The van der Waals surface area contributed by atoms with Crippen LogP contribution >= 0.6 is 0 Å². The van der Waals surface area contributed by atoms with E-state index in [0.717, 1.165) is 16.0 Å². The molecule has 30 heavy (non-hydrogen) atoms. The molecule has 2 aliphatic heterocycles. The van der Waals surface area contributed by atoms with Crippen LogP contribution in [0.25, 0.3) is 0 Å². The molecule has 0 bridgehead atoms. The number of carbonyl (C=O) groups excluding carboxylic acids is 2. The fourth-order valence-electron chi connectivity index (χ4n) is 4.04.